The predicted octanol–water partition coefficient (Wildman–Crippen LogP) is 7.93. The van der Waals surface area contributed by atoms with Crippen molar-refractivity contribution in [3.63, 3.8) is 0 Å². The molecule has 4 aromatic heterocycles. The summed E-state index contributed by atoms with van der Waals surface area (Å²) in [4.78, 5) is 0. The van der Waals surface area contributed by atoms with E-state index in [9.17, 15) is 0 Å². The van der Waals surface area contributed by atoms with Crippen molar-refractivity contribution in [2.24, 2.45) is 0 Å². The third kappa shape index (κ3) is 10.2. The molecule has 4 heterocycles. The van der Waals surface area contributed by atoms with Crippen LogP contribution < -0.4 is 0 Å². The molecule has 0 fully saturated rings. The number of rotatable bonds is 12. The van der Waals surface area contributed by atoms with Crippen LogP contribution in [0.2, 0.25) is 0 Å². The van der Waals surface area contributed by atoms with Crippen LogP contribution in [-0.4, -0.2) is 53.9 Å². The number of nitrogens with zero attached hydrogens (tertiary/aromatic N) is 8. The molecule has 0 bridgehead atoms. The SMILES string of the molecule is CC(C)c1cc(C(C)C)n([BH2-]n2nc(C(C)C)cc2C(C)C)n1.CC(C)c1cc(C(C)C)n([BH2-]n2nc(C(C)C)cc2C(C)C)n1.[Cr+2]. The Morgan fingerprint density at radius 2 is 0.511 bits per heavy atom. The van der Waals surface area contributed by atoms with Crippen LogP contribution in [0.3, 0.4) is 0 Å². The van der Waals surface area contributed by atoms with Crippen LogP contribution >= 0.6 is 0 Å². The van der Waals surface area contributed by atoms with E-state index in [1.165, 1.54) is 45.6 Å². The molecule has 0 saturated heterocycles. The average molecular weight is 683 g/mol. The molecule has 0 amide bonds. The zero-order chi connectivity index (χ0) is 34.6. The van der Waals surface area contributed by atoms with Crippen LogP contribution in [0.15, 0.2) is 24.3 Å². The summed E-state index contributed by atoms with van der Waals surface area (Å²) in [6.45, 7) is 35.6. The normalized spacial score (nSPS) is 12.1. The van der Waals surface area contributed by atoms with E-state index in [4.69, 9.17) is 20.4 Å². The first kappa shape index (κ1) is 40.7. The Bertz CT molecular complexity index is 1310. The van der Waals surface area contributed by atoms with Crippen molar-refractivity contribution in [1.82, 2.24) is 38.8 Å². The van der Waals surface area contributed by atoms with Gasteiger partial charge in [-0.1, -0.05) is 111 Å². The Kier molecular flexibility index (Phi) is 14.9. The van der Waals surface area contributed by atoms with E-state index in [0.29, 0.717) is 47.3 Å². The fourth-order valence-corrected chi connectivity index (χ4v) is 6.31. The fourth-order valence-electron chi connectivity index (χ4n) is 6.31. The van der Waals surface area contributed by atoms with Crippen LogP contribution in [-0.2, 0) is 17.4 Å². The van der Waals surface area contributed by atoms with E-state index in [1.807, 2.05) is 0 Å². The van der Waals surface area contributed by atoms with E-state index < -0.39 is 15.1 Å². The molecular formula is C36H64B2CrN8. The van der Waals surface area contributed by atoms with Crippen molar-refractivity contribution in [3.8, 4) is 0 Å². The predicted molar refractivity (Wildman–Crippen MR) is 200 cm³/mol. The van der Waals surface area contributed by atoms with Crippen LogP contribution in [0.1, 0.15) is 204 Å². The molecule has 11 heteroatoms. The minimum Gasteiger partial charge on any atom is -0.426 e. The van der Waals surface area contributed by atoms with Crippen molar-refractivity contribution in [3.05, 3.63) is 69.8 Å². The van der Waals surface area contributed by atoms with Gasteiger partial charge < -0.3 is 18.4 Å². The fraction of sp³-hybridized carbons (Fsp3) is 0.667. The Hall–Kier alpha value is -2.50. The monoisotopic (exact) mass is 682 g/mol. The van der Waals surface area contributed by atoms with Crippen molar-refractivity contribution < 1.29 is 17.4 Å². The second-order valence-electron chi connectivity index (χ2n) is 16.1. The maximum Gasteiger partial charge on any atom is 2.00 e. The molecule has 0 radical (unpaired) electrons. The van der Waals surface area contributed by atoms with Gasteiger partial charge in [0, 0.05) is 0 Å². The molecule has 8 nitrogen and oxygen atoms in total. The third-order valence-electron chi connectivity index (χ3n) is 9.23. The Balaban J connectivity index is 0.000000320. The topological polar surface area (TPSA) is 71.3 Å². The van der Waals surface area contributed by atoms with Gasteiger partial charge in [0.05, 0.1) is 22.8 Å². The quantitative estimate of drug-likeness (QED) is 0.142. The van der Waals surface area contributed by atoms with Gasteiger partial charge in [0.2, 0.25) is 0 Å². The third-order valence-corrected chi connectivity index (χ3v) is 9.23. The summed E-state index contributed by atoms with van der Waals surface area (Å²) in [6, 6.07) is 9.11. The molecule has 0 saturated carbocycles. The summed E-state index contributed by atoms with van der Waals surface area (Å²) < 4.78 is 9.01. The number of aromatic nitrogens is 8. The first-order valence-electron chi connectivity index (χ1n) is 18.2. The van der Waals surface area contributed by atoms with Gasteiger partial charge in [-0.05, 0) is 94.4 Å². The van der Waals surface area contributed by atoms with Gasteiger partial charge in [-0.3, -0.25) is 0 Å². The minimum atomic E-state index is -0.640. The summed E-state index contributed by atoms with van der Waals surface area (Å²) in [7, 11) is -1.28. The average Bonchev–Trinajstić information content (AvgIpc) is 3.73. The summed E-state index contributed by atoms with van der Waals surface area (Å²) in [5.41, 5.74) is 10.1. The van der Waals surface area contributed by atoms with Gasteiger partial charge >= 0.3 is 17.4 Å². The molecule has 0 aliphatic heterocycles. The molecular weight excluding hydrogens is 618 g/mol. The van der Waals surface area contributed by atoms with E-state index in [2.05, 4.69) is 153 Å². The molecule has 4 rings (SSSR count). The maximum absolute atomic E-state index is 4.89. The molecule has 47 heavy (non-hydrogen) atoms. The van der Waals surface area contributed by atoms with Crippen LogP contribution in [0.25, 0.3) is 0 Å². The minimum absolute atomic E-state index is 0. The van der Waals surface area contributed by atoms with Crippen LogP contribution in [0.5, 0.6) is 0 Å². The Labute approximate surface area is 298 Å². The van der Waals surface area contributed by atoms with Gasteiger partial charge in [0.1, 0.15) is 0 Å². The second kappa shape index (κ2) is 17.2. The molecule has 0 atom stereocenters. The van der Waals surface area contributed by atoms with Gasteiger partial charge in [-0.25, -0.2) is 20.4 Å². The zero-order valence-electron chi connectivity index (χ0n) is 32.9. The Morgan fingerprint density at radius 3 is 0.638 bits per heavy atom. The van der Waals surface area contributed by atoms with Crippen LogP contribution in [0, 0.1) is 0 Å². The summed E-state index contributed by atoms with van der Waals surface area (Å²) in [5.74, 6) is 3.82. The summed E-state index contributed by atoms with van der Waals surface area (Å²) >= 11 is 0. The molecule has 0 aliphatic carbocycles. The molecule has 260 valence electrons. The number of hydrogen-bond donors (Lipinski definition) is 0. The van der Waals surface area contributed by atoms with E-state index in [-0.39, 0.29) is 17.4 Å². The van der Waals surface area contributed by atoms with Crippen molar-refractivity contribution >= 4 is 15.1 Å². The van der Waals surface area contributed by atoms with Crippen molar-refractivity contribution in [2.75, 3.05) is 0 Å². The first-order valence-corrected chi connectivity index (χ1v) is 18.2. The molecule has 0 unspecified atom stereocenters. The smallest absolute Gasteiger partial charge is 0.426 e. The largest absolute Gasteiger partial charge is 2.00 e. The van der Waals surface area contributed by atoms with Crippen molar-refractivity contribution in [1.29, 1.82) is 0 Å². The van der Waals surface area contributed by atoms with E-state index in [1.54, 1.807) is 0 Å². The Morgan fingerprint density at radius 1 is 0.340 bits per heavy atom. The van der Waals surface area contributed by atoms with E-state index >= 15 is 0 Å². The number of hydrogen-bond acceptors (Lipinski definition) is 4. The van der Waals surface area contributed by atoms with Gasteiger partial charge in [-0.2, -0.15) is 0 Å². The zero-order valence-corrected chi connectivity index (χ0v) is 34.2. The standard InChI is InChI=1S/2C18H32BN4.Cr/c2*1-11(2)15-9-17(13(5)6)22(20-15)19-23-18(14(7)8)10-16(21-23)12(3)4;/h2*9-14H,19H2,1-8H3;/q2*-1;+2. The van der Waals surface area contributed by atoms with Gasteiger partial charge in [0.15, 0.2) is 15.1 Å². The molecule has 0 aliphatic rings. The van der Waals surface area contributed by atoms with Crippen molar-refractivity contribution in [2.45, 2.75) is 158 Å². The molecule has 0 aromatic carbocycles. The van der Waals surface area contributed by atoms with Gasteiger partial charge in [0.25, 0.3) is 0 Å². The molecule has 4 aromatic rings. The molecule has 0 spiro atoms. The van der Waals surface area contributed by atoms with E-state index in [0.717, 1.165) is 0 Å². The van der Waals surface area contributed by atoms with Crippen LogP contribution in [0.4, 0.5) is 0 Å². The maximum atomic E-state index is 4.89. The summed E-state index contributed by atoms with van der Waals surface area (Å²) in [6.07, 6.45) is 0. The molecule has 0 N–H and O–H groups in total. The second-order valence-corrected chi connectivity index (χ2v) is 16.1. The summed E-state index contributed by atoms with van der Waals surface area (Å²) in [5, 5.41) is 19.6. The first-order chi connectivity index (χ1) is 21.4. The van der Waals surface area contributed by atoms with Gasteiger partial charge in [-0.15, -0.1) is 0 Å².